The van der Waals surface area contributed by atoms with Gasteiger partial charge < -0.3 is 9.64 Å². The van der Waals surface area contributed by atoms with Gasteiger partial charge in [-0.25, -0.2) is 0 Å². The maximum absolute atomic E-state index is 12.8. The maximum Gasteiger partial charge on any atom is 0.325 e. The molecule has 1 fully saturated rings. The van der Waals surface area contributed by atoms with Gasteiger partial charge in [-0.1, -0.05) is 18.9 Å². The summed E-state index contributed by atoms with van der Waals surface area (Å²) in [6, 6.07) is 5.76. The molecule has 2 rings (SSSR count). The largest absolute Gasteiger partial charge is 0.468 e. The van der Waals surface area contributed by atoms with Crippen molar-refractivity contribution in [3.05, 3.63) is 33.8 Å². The van der Waals surface area contributed by atoms with E-state index in [0.29, 0.717) is 5.56 Å². The minimum absolute atomic E-state index is 0.0142. The number of amides is 1. The van der Waals surface area contributed by atoms with E-state index in [2.05, 4.69) is 15.9 Å². The molecule has 1 aliphatic carbocycles. The topological polar surface area (TPSA) is 46.6 Å². The van der Waals surface area contributed by atoms with Crippen LogP contribution in [0.2, 0.25) is 0 Å². The summed E-state index contributed by atoms with van der Waals surface area (Å²) >= 11 is 3.44. The number of methoxy groups -OCH3 is 1. The van der Waals surface area contributed by atoms with Crippen molar-refractivity contribution >= 4 is 27.8 Å². The first-order valence-corrected chi connectivity index (χ1v) is 7.96. The van der Waals surface area contributed by atoms with Crippen molar-refractivity contribution in [3.63, 3.8) is 0 Å². The van der Waals surface area contributed by atoms with E-state index in [0.717, 1.165) is 35.7 Å². The van der Waals surface area contributed by atoms with E-state index in [9.17, 15) is 9.59 Å². The molecule has 0 aromatic heterocycles. The molecule has 1 saturated carbocycles. The lowest BCUT2D eigenvalue weighted by atomic mass is 10.1. The van der Waals surface area contributed by atoms with Crippen LogP contribution in [0.25, 0.3) is 0 Å². The first-order chi connectivity index (χ1) is 10.0. The molecule has 1 amide bonds. The number of aryl methyl sites for hydroxylation is 1. The van der Waals surface area contributed by atoms with E-state index < -0.39 is 0 Å². The van der Waals surface area contributed by atoms with E-state index in [1.54, 1.807) is 11.0 Å². The third-order valence-electron chi connectivity index (χ3n) is 3.91. The molecule has 0 radical (unpaired) electrons. The minimum atomic E-state index is -0.376. The summed E-state index contributed by atoms with van der Waals surface area (Å²) in [5.41, 5.74) is 1.68. The summed E-state index contributed by atoms with van der Waals surface area (Å²) in [6.07, 6.45) is 4.10. The van der Waals surface area contributed by atoms with Crippen molar-refractivity contribution in [2.75, 3.05) is 13.7 Å². The Bertz CT molecular complexity index is 538. The third kappa shape index (κ3) is 3.84. The lowest BCUT2D eigenvalue weighted by Crippen LogP contribution is -2.42. The summed E-state index contributed by atoms with van der Waals surface area (Å²) in [5.74, 6) is -0.488. The van der Waals surface area contributed by atoms with E-state index in [1.165, 1.54) is 7.11 Å². The fourth-order valence-electron chi connectivity index (χ4n) is 2.73. The summed E-state index contributed by atoms with van der Waals surface area (Å²) in [5, 5.41) is 0. The summed E-state index contributed by atoms with van der Waals surface area (Å²) < 4.78 is 5.50. The normalized spacial score (nSPS) is 15.0. The fourth-order valence-corrected chi connectivity index (χ4v) is 3.40. The molecule has 0 bridgehead atoms. The Morgan fingerprint density at radius 2 is 2.00 bits per heavy atom. The van der Waals surface area contributed by atoms with Gasteiger partial charge in [0.2, 0.25) is 0 Å². The Balaban J connectivity index is 2.26. The zero-order chi connectivity index (χ0) is 15.4. The quantitative estimate of drug-likeness (QED) is 0.780. The second-order valence-electron chi connectivity index (χ2n) is 5.43. The predicted molar refractivity (Wildman–Crippen MR) is 84.2 cm³/mol. The average molecular weight is 354 g/mol. The molecule has 4 nitrogen and oxygen atoms in total. The molecule has 0 unspecified atom stereocenters. The number of carbonyl (C=O) groups is 2. The summed E-state index contributed by atoms with van der Waals surface area (Å²) in [7, 11) is 1.35. The number of rotatable bonds is 4. The number of hydrogen-bond acceptors (Lipinski definition) is 3. The lowest BCUT2D eigenvalue weighted by molar-refractivity contribution is -0.141. The van der Waals surface area contributed by atoms with Gasteiger partial charge in [-0.2, -0.15) is 0 Å². The van der Waals surface area contributed by atoms with Crippen LogP contribution in [0, 0.1) is 6.92 Å². The number of esters is 1. The zero-order valence-electron chi connectivity index (χ0n) is 12.4. The molecule has 0 heterocycles. The van der Waals surface area contributed by atoms with Crippen LogP contribution in [0.3, 0.4) is 0 Å². The number of halogens is 1. The van der Waals surface area contributed by atoms with Crippen LogP contribution in [-0.4, -0.2) is 36.5 Å². The highest BCUT2D eigenvalue weighted by molar-refractivity contribution is 9.10. The molecule has 1 aromatic carbocycles. The van der Waals surface area contributed by atoms with Gasteiger partial charge in [0.1, 0.15) is 6.54 Å². The van der Waals surface area contributed by atoms with Gasteiger partial charge in [-0.3, -0.25) is 9.59 Å². The Morgan fingerprint density at radius 1 is 1.33 bits per heavy atom. The van der Waals surface area contributed by atoms with Crippen LogP contribution in [0.1, 0.15) is 41.6 Å². The van der Waals surface area contributed by atoms with Crippen molar-refractivity contribution in [1.82, 2.24) is 4.90 Å². The standard InChI is InChI=1S/C16H20BrNO3/c1-11-7-8-13(14(17)9-11)16(20)18(10-15(19)21-2)12-5-3-4-6-12/h7-9,12H,3-6,10H2,1-2H3. The minimum Gasteiger partial charge on any atom is -0.468 e. The highest BCUT2D eigenvalue weighted by Gasteiger charge is 2.30. The van der Waals surface area contributed by atoms with E-state index >= 15 is 0 Å². The van der Waals surface area contributed by atoms with Crippen molar-refractivity contribution in [2.24, 2.45) is 0 Å². The fraction of sp³-hybridized carbons (Fsp3) is 0.500. The van der Waals surface area contributed by atoms with Gasteiger partial charge in [0.15, 0.2) is 0 Å². The average Bonchev–Trinajstić information content (AvgIpc) is 2.97. The molecule has 1 aliphatic rings. The third-order valence-corrected chi connectivity index (χ3v) is 4.56. The number of nitrogens with zero attached hydrogens (tertiary/aromatic N) is 1. The molecule has 0 aliphatic heterocycles. The number of benzene rings is 1. The smallest absolute Gasteiger partial charge is 0.325 e. The lowest BCUT2D eigenvalue weighted by Gasteiger charge is -2.28. The summed E-state index contributed by atoms with van der Waals surface area (Å²) in [4.78, 5) is 26.1. The Morgan fingerprint density at radius 3 is 2.57 bits per heavy atom. The first-order valence-electron chi connectivity index (χ1n) is 7.17. The molecular weight excluding hydrogens is 334 g/mol. The Kier molecular flexibility index (Phi) is 5.39. The molecular formula is C16H20BrNO3. The monoisotopic (exact) mass is 353 g/mol. The molecule has 0 atom stereocenters. The molecule has 0 saturated heterocycles. The van der Waals surface area contributed by atoms with E-state index in [1.807, 2.05) is 19.1 Å². The van der Waals surface area contributed by atoms with Gasteiger partial charge in [0.05, 0.1) is 12.7 Å². The maximum atomic E-state index is 12.8. The summed E-state index contributed by atoms with van der Waals surface area (Å²) in [6.45, 7) is 1.99. The number of carbonyl (C=O) groups excluding carboxylic acids is 2. The molecule has 0 N–H and O–H groups in total. The van der Waals surface area contributed by atoms with Gasteiger partial charge in [0.25, 0.3) is 5.91 Å². The van der Waals surface area contributed by atoms with Crippen molar-refractivity contribution < 1.29 is 14.3 Å². The Labute approximate surface area is 133 Å². The molecule has 1 aromatic rings. The second-order valence-corrected chi connectivity index (χ2v) is 6.29. The molecule has 0 spiro atoms. The highest BCUT2D eigenvalue weighted by atomic mass is 79.9. The Hall–Kier alpha value is -1.36. The number of hydrogen-bond donors (Lipinski definition) is 0. The second kappa shape index (κ2) is 7.07. The van der Waals surface area contributed by atoms with Crippen LogP contribution in [0.15, 0.2) is 22.7 Å². The predicted octanol–water partition coefficient (Wildman–Crippen LogP) is 3.32. The van der Waals surface area contributed by atoms with Crippen LogP contribution in [0.5, 0.6) is 0 Å². The SMILES string of the molecule is COC(=O)CN(C(=O)c1ccc(C)cc1Br)C1CCCC1. The molecule has 5 heteroatoms. The van der Waals surface area contributed by atoms with Crippen LogP contribution in [-0.2, 0) is 9.53 Å². The van der Waals surface area contributed by atoms with Gasteiger partial charge in [-0.05, 0) is 53.4 Å². The van der Waals surface area contributed by atoms with Crippen molar-refractivity contribution in [1.29, 1.82) is 0 Å². The zero-order valence-corrected chi connectivity index (χ0v) is 14.0. The van der Waals surface area contributed by atoms with Crippen LogP contribution >= 0.6 is 15.9 Å². The van der Waals surface area contributed by atoms with Crippen LogP contribution < -0.4 is 0 Å². The van der Waals surface area contributed by atoms with E-state index in [-0.39, 0.29) is 24.5 Å². The van der Waals surface area contributed by atoms with Gasteiger partial charge >= 0.3 is 5.97 Å². The van der Waals surface area contributed by atoms with Gasteiger partial charge in [-0.15, -0.1) is 0 Å². The number of ether oxygens (including phenoxy) is 1. The first kappa shape index (κ1) is 16.0. The highest BCUT2D eigenvalue weighted by Crippen LogP contribution is 2.27. The van der Waals surface area contributed by atoms with E-state index in [4.69, 9.17) is 4.74 Å². The van der Waals surface area contributed by atoms with Crippen molar-refractivity contribution in [3.8, 4) is 0 Å². The molecule has 114 valence electrons. The van der Waals surface area contributed by atoms with Gasteiger partial charge in [0, 0.05) is 10.5 Å². The molecule has 21 heavy (non-hydrogen) atoms. The van der Waals surface area contributed by atoms with Crippen LogP contribution in [0.4, 0.5) is 0 Å². The van der Waals surface area contributed by atoms with Crippen molar-refractivity contribution in [2.45, 2.75) is 38.6 Å².